The summed E-state index contributed by atoms with van der Waals surface area (Å²) in [6.07, 6.45) is 0.973. The van der Waals surface area contributed by atoms with Crippen LogP contribution in [0.2, 0.25) is 0 Å². The van der Waals surface area contributed by atoms with Crippen LogP contribution in [0.5, 0.6) is 0 Å². The second-order valence-corrected chi connectivity index (χ2v) is 2.41. The maximum Gasteiger partial charge on any atom is 0.137 e. The molecular formula is C7H13N2O+. The van der Waals surface area contributed by atoms with Crippen molar-refractivity contribution in [3.05, 3.63) is 17.0 Å². The highest BCUT2D eigenvalue weighted by Gasteiger charge is 2.07. The Morgan fingerprint density at radius 3 is 2.60 bits per heavy atom. The fraction of sp³-hybridized carbons (Fsp3) is 0.571. The third kappa shape index (κ3) is 1.19. The molecular weight excluding hydrogens is 128 g/mol. The lowest BCUT2D eigenvalue weighted by atomic mass is 10.1. The van der Waals surface area contributed by atoms with Crippen LogP contribution in [0.25, 0.3) is 0 Å². The zero-order valence-corrected chi connectivity index (χ0v) is 6.48. The molecule has 0 radical (unpaired) electrons. The molecule has 0 amide bonds. The lowest BCUT2D eigenvalue weighted by Crippen LogP contribution is -2.51. The van der Waals surface area contributed by atoms with E-state index in [0.29, 0.717) is 0 Å². The minimum absolute atomic E-state index is 0.906. The quantitative estimate of drug-likeness (QED) is 0.634. The Morgan fingerprint density at radius 1 is 1.50 bits per heavy atom. The van der Waals surface area contributed by atoms with Crippen LogP contribution in [-0.2, 0) is 6.42 Å². The normalized spacial score (nSPS) is 10.3. The van der Waals surface area contributed by atoms with Crippen LogP contribution in [-0.4, -0.2) is 11.7 Å². The molecule has 0 atom stereocenters. The number of aromatic nitrogens is 1. The molecule has 0 unspecified atom stereocenters. The standard InChI is InChI=1S/C7H12N2O/c1-5-7(3-4-8)6(2)10-9-5/h3-4,8H2,1-2H3/p+1. The van der Waals surface area contributed by atoms with Gasteiger partial charge in [-0.3, -0.25) is 0 Å². The second-order valence-electron chi connectivity index (χ2n) is 2.41. The van der Waals surface area contributed by atoms with Crippen molar-refractivity contribution in [1.82, 2.24) is 5.16 Å². The first-order valence-corrected chi connectivity index (χ1v) is 3.46. The van der Waals surface area contributed by atoms with E-state index in [2.05, 4.69) is 10.9 Å². The first-order chi connectivity index (χ1) is 4.75. The largest absolute Gasteiger partial charge is 0.361 e. The molecule has 3 heteroatoms. The average molecular weight is 141 g/mol. The molecule has 0 saturated carbocycles. The fourth-order valence-corrected chi connectivity index (χ4v) is 1.04. The van der Waals surface area contributed by atoms with Crippen LogP contribution >= 0.6 is 0 Å². The monoisotopic (exact) mass is 141 g/mol. The van der Waals surface area contributed by atoms with Crippen LogP contribution in [0.3, 0.4) is 0 Å². The third-order valence-corrected chi connectivity index (χ3v) is 1.61. The first kappa shape index (κ1) is 7.28. The van der Waals surface area contributed by atoms with E-state index in [1.54, 1.807) is 0 Å². The summed E-state index contributed by atoms with van der Waals surface area (Å²) in [6.45, 7) is 4.80. The smallest absolute Gasteiger partial charge is 0.137 e. The molecule has 3 N–H and O–H groups in total. The topological polar surface area (TPSA) is 53.7 Å². The molecule has 0 aliphatic rings. The van der Waals surface area contributed by atoms with Crippen molar-refractivity contribution in [1.29, 1.82) is 0 Å². The van der Waals surface area contributed by atoms with Crippen LogP contribution in [0.1, 0.15) is 17.0 Å². The van der Waals surface area contributed by atoms with Crippen molar-refractivity contribution in [2.75, 3.05) is 6.54 Å². The molecule has 0 aliphatic carbocycles. The number of nitrogens with zero attached hydrogens (tertiary/aromatic N) is 1. The van der Waals surface area contributed by atoms with Crippen molar-refractivity contribution >= 4 is 0 Å². The summed E-state index contributed by atoms with van der Waals surface area (Å²) in [4.78, 5) is 0. The second kappa shape index (κ2) is 2.84. The minimum atomic E-state index is 0.906. The number of hydrogen-bond acceptors (Lipinski definition) is 2. The summed E-state index contributed by atoms with van der Waals surface area (Å²) in [5.41, 5.74) is 5.99. The molecule has 1 aromatic heterocycles. The molecule has 0 fully saturated rings. The lowest BCUT2D eigenvalue weighted by molar-refractivity contribution is -0.366. The van der Waals surface area contributed by atoms with Gasteiger partial charge in [0.2, 0.25) is 0 Å². The van der Waals surface area contributed by atoms with Gasteiger partial charge in [-0.1, -0.05) is 5.16 Å². The highest BCUT2D eigenvalue weighted by atomic mass is 16.5. The van der Waals surface area contributed by atoms with Crippen LogP contribution in [0.4, 0.5) is 0 Å². The number of rotatable bonds is 2. The number of hydrogen-bond donors (Lipinski definition) is 1. The van der Waals surface area contributed by atoms with Crippen molar-refractivity contribution < 1.29 is 10.3 Å². The third-order valence-electron chi connectivity index (χ3n) is 1.61. The van der Waals surface area contributed by atoms with E-state index < -0.39 is 0 Å². The first-order valence-electron chi connectivity index (χ1n) is 3.46. The molecule has 3 nitrogen and oxygen atoms in total. The van der Waals surface area contributed by atoms with E-state index in [1.165, 1.54) is 5.56 Å². The lowest BCUT2D eigenvalue weighted by Gasteiger charge is -1.91. The van der Waals surface area contributed by atoms with Gasteiger partial charge < -0.3 is 10.3 Å². The molecule has 0 bridgehead atoms. The molecule has 0 spiro atoms. The van der Waals surface area contributed by atoms with Gasteiger partial charge in [-0.15, -0.1) is 0 Å². The van der Waals surface area contributed by atoms with Gasteiger partial charge in [0, 0.05) is 12.0 Å². The minimum Gasteiger partial charge on any atom is -0.361 e. The van der Waals surface area contributed by atoms with E-state index in [0.717, 1.165) is 24.4 Å². The predicted octanol–water partition coefficient (Wildman–Crippen LogP) is 0.0758. The Labute approximate surface area is 60.2 Å². The van der Waals surface area contributed by atoms with Crippen LogP contribution < -0.4 is 5.73 Å². The highest BCUT2D eigenvalue weighted by Crippen LogP contribution is 2.11. The Balaban J connectivity index is 2.87. The molecule has 56 valence electrons. The maximum absolute atomic E-state index is 4.97. The molecule has 1 heterocycles. The summed E-state index contributed by atoms with van der Waals surface area (Å²) in [5.74, 6) is 0.932. The zero-order chi connectivity index (χ0) is 7.56. The molecule has 0 aromatic carbocycles. The predicted molar refractivity (Wildman–Crippen MR) is 37.4 cm³/mol. The zero-order valence-electron chi connectivity index (χ0n) is 6.48. The Hall–Kier alpha value is -0.830. The van der Waals surface area contributed by atoms with Gasteiger partial charge in [0.1, 0.15) is 5.76 Å². The molecule has 1 aromatic rings. The van der Waals surface area contributed by atoms with Gasteiger partial charge in [0.25, 0.3) is 0 Å². The van der Waals surface area contributed by atoms with Gasteiger partial charge in [-0.25, -0.2) is 0 Å². The van der Waals surface area contributed by atoms with Crippen LogP contribution in [0, 0.1) is 13.8 Å². The van der Waals surface area contributed by atoms with Gasteiger partial charge in [0.05, 0.1) is 12.2 Å². The Kier molecular flexibility index (Phi) is 2.06. The van der Waals surface area contributed by atoms with Gasteiger partial charge in [0.15, 0.2) is 0 Å². The summed E-state index contributed by atoms with van der Waals surface area (Å²) in [7, 11) is 0. The highest BCUT2D eigenvalue weighted by molar-refractivity contribution is 5.20. The number of aryl methyl sites for hydroxylation is 2. The fourth-order valence-electron chi connectivity index (χ4n) is 1.04. The average Bonchev–Trinajstić information content (AvgIpc) is 2.20. The van der Waals surface area contributed by atoms with Crippen molar-refractivity contribution in [3.63, 3.8) is 0 Å². The van der Waals surface area contributed by atoms with E-state index >= 15 is 0 Å². The van der Waals surface area contributed by atoms with E-state index in [4.69, 9.17) is 4.52 Å². The summed E-state index contributed by atoms with van der Waals surface area (Å²) in [5, 5.41) is 3.83. The van der Waals surface area contributed by atoms with Gasteiger partial charge in [-0.2, -0.15) is 0 Å². The maximum atomic E-state index is 4.97. The van der Waals surface area contributed by atoms with E-state index in [1.807, 2.05) is 13.8 Å². The Morgan fingerprint density at radius 2 is 2.20 bits per heavy atom. The van der Waals surface area contributed by atoms with Crippen molar-refractivity contribution in [3.8, 4) is 0 Å². The molecule has 0 aliphatic heterocycles. The molecule has 10 heavy (non-hydrogen) atoms. The van der Waals surface area contributed by atoms with Gasteiger partial charge >= 0.3 is 0 Å². The van der Waals surface area contributed by atoms with Gasteiger partial charge in [-0.05, 0) is 13.8 Å². The summed E-state index contributed by atoms with van der Waals surface area (Å²) in [6, 6.07) is 0. The van der Waals surface area contributed by atoms with E-state index in [-0.39, 0.29) is 0 Å². The molecule has 1 rings (SSSR count). The number of quaternary nitrogens is 1. The Bertz CT molecular complexity index is 198. The van der Waals surface area contributed by atoms with E-state index in [9.17, 15) is 0 Å². The van der Waals surface area contributed by atoms with Crippen LogP contribution in [0.15, 0.2) is 4.52 Å². The summed E-state index contributed by atoms with van der Waals surface area (Å²) >= 11 is 0. The van der Waals surface area contributed by atoms with Crippen molar-refractivity contribution in [2.45, 2.75) is 20.3 Å². The summed E-state index contributed by atoms with van der Waals surface area (Å²) < 4.78 is 4.97. The molecule has 0 saturated heterocycles. The SMILES string of the molecule is Cc1noc(C)c1CC[NH3+]. The van der Waals surface area contributed by atoms with Crippen molar-refractivity contribution in [2.24, 2.45) is 0 Å².